The quantitative estimate of drug-likeness (QED) is 0.632. The summed E-state index contributed by atoms with van der Waals surface area (Å²) >= 11 is 0. The molecule has 1 aliphatic rings. The Labute approximate surface area is 139 Å². The zero-order valence-corrected chi connectivity index (χ0v) is 17.8. The lowest BCUT2D eigenvalue weighted by molar-refractivity contribution is -0.134. The molecular formula is C17H34O3Si2. The van der Waals surface area contributed by atoms with E-state index in [0.29, 0.717) is 19.4 Å². The van der Waals surface area contributed by atoms with Crippen molar-refractivity contribution in [3.05, 3.63) is 0 Å². The molecule has 0 spiro atoms. The average molecular weight is 343 g/mol. The molecule has 0 amide bonds. The van der Waals surface area contributed by atoms with Gasteiger partial charge in [-0.3, -0.25) is 0 Å². The van der Waals surface area contributed by atoms with Crippen LogP contribution in [0.3, 0.4) is 0 Å². The van der Waals surface area contributed by atoms with Crippen molar-refractivity contribution in [1.82, 2.24) is 0 Å². The van der Waals surface area contributed by atoms with E-state index in [-0.39, 0.29) is 17.6 Å². The molecule has 3 nitrogen and oxygen atoms in total. The van der Waals surface area contributed by atoms with E-state index in [9.17, 15) is 5.11 Å². The molecule has 0 bridgehead atoms. The molecule has 1 N–H and O–H groups in total. The predicted octanol–water partition coefficient (Wildman–Crippen LogP) is 3.19. The minimum atomic E-state index is -1.49. The second kappa shape index (κ2) is 7.19. The molecule has 0 aromatic rings. The van der Waals surface area contributed by atoms with Crippen molar-refractivity contribution in [3.63, 3.8) is 0 Å². The van der Waals surface area contributed by atoms with Gasteiger partial charge < -0.3 is 14.3 Å². The molecule has 22 heavy (non-hydrogen) atoms. The molecular weight excluding hydrogens is 308 g/mol. The van der Waals surface area contributed by atoms with Crippen molar-refractivity contribution < 1.29 is 14.3 Å². The lowest BCUT2D eigenvalue weighted by Gasteiger charge is -2.43. The maximum Gasteiger partial charge on any atom is 0.171 e. The summed E-state index contributed by atoms with van der Waals surface area (Å²) in [6.45, 7) is 18.1. The normalized spacial score (nSPS) is 28.2. The second-order valence-electron chi connectivity index (χ2n) is 8.87. The van der Waals surface area contributed by atoms with Crippen LogP contribution in [0.4, 0.5) is 0 Å². The van der Waals surface area contributed by atoms with Crippen LogP contribution in [-0.2, 0) is 9.16 Å². The third-order valence-corrected chi connectivity index (χ3v) is 5.38. The Kier molecular flexibility index (Phi) is 6.51. The van der Waals surface area contributed by atoms with E-state index in [4.69, 9.17) is 9.16 Å². The number of hydrogen-bond acceptors (Lipinski definition) is 3. The molecule has 128 valence electrons. The number of hydrogen-bond donors (Lipinski definition) is 1. The first-order valence-corrected chi connectivity index (χ1v) is 14.6. The van der Waals surface area contributed by atoms with E-state index in [0.717, 1.165) is 0 Å². The van der Waals surface area contributed by atoms with Gasteiger partial charge in [0.25, 0.3) is 0 Å². The van der Waals surface area contributed by atoms with Gasteiger partial charge in [0.15, 0.2) is 9.04 Å². The van der Waals surface area contributed by atoms with Crippen LogP contribution in [0.15, 0.2) is 0 Å². The van der Waals surface area contributed by atoms with Gasteiger partial charge in [0.1, 0.15) is 13.7 Å². The molecule has 1 fully saturated rings. The highest BCUT2D eigenvalue weighted by Gasteiger charge is 2.42. The Hall–Kier alpha value is -0.126. The molecule has 3 atom stereocenters. The fourth-order valence-corrected chi connectivity index (χ4v) is 4.41. The molecule has 0 aromatic heterocycles. The second-order valence-corrected chi connectivity index (χ2v) is 16.0. The number of rotatable bonds is 3. The van der Waals surface area contributed by atoms with Crippen LogP contribution in [0.5, 0.6) is 0 Å². The molecule has 0 saturated carbocycles. The van der Waals surface area contributed by atoms with Crippen LogP contribution in [-0.4, -0.2) is 46.6 Å². The molecule has 0 aliphatic carbocycles. The first kappa shape index (κ1) is 19.9. The van der Waals surface area contributed by atoms with Gasteiger partial charge in [0.2, 0.25) is 0 Å². The fourth-order valence-electron chi connectivity index (χ4n) is 2.63. The largest absolute Gasteiger partial charge is 0.415 e. The Bertz CT molecular complexity index is 426. The number of aliphatic hydroxyl groups is 1. The Morgan fingerprint density at radius 1 is 1.32 bits per heavy atom. The molecule has 1 aliphatic heterocycles. The molecule has 1 heterocycles. The third-order valence-electron chi connectivity index (χ3n) is 3.67. The van der Waals surface area contributed by atoms with Crippen LogP contribution >= 0.6 is 0 Å². The Morgan fingerprint density at radius 2 is 1.91 bits per heavy atom. The highest BCUT2D eigenvalue weighted by molar-refractivity contribution is 6.83. The molecule has 1 rings (SSSR count). The van der Waals surface area contributed by atoms with Gasteiger partial charge in [0, 0.05) is 12.8 Å². The summed E-state index contributed by atoms with van der Waals surface area (Å²) in [7, 11) is -2.66. The van der Waals surface area contributed by atoms with Crippen LogP contribution in [0.1, 0.15) is 33.6 Å². The number of ether oxygens (including phenoxy) is 1. The van der Waals surface area contributed by atoms with E-state index in [2.05, 4.69) is 65.0 Å². The minimum Gasteiger partial charge on any atom is -0.415 e. The summed E-state index contributed by atoms with van der Waals surface area (Å²) in [6, 6.07) is 0. The van der Waals surface area contributed by atoms with E-state index in [1.54, 1.807) is 0 Å². The lowest BCUT2D eigenvalue weighted by Crippen LogP contribution is -2.51. The van der Waals surface area contributed by atoms with Gasteiger partial charge >= 0.3 is 0 Å². The van der Waals surface area contributed by atoms with Crippen molar-refractivity contribution in [2.45, 2.75) is 84.2 Å². The summed E-state index contributed by atoms with van der Waals surface area (Å²) in [6.07, 6.45) is 1.08. The smallest absolute Gasteiger partial charge is 0.171 e. The zero-order valence-electron chi connectivity index (χ0n) is 15.6. The van der Waals surface area contributed by atoms with Crippen LogP contribution < -0.4 is 0 Å². The Morgan fingerprint density at radius 3 is 2.36 bits per heavy atom. The first-order valence-electron chi connectivity index (χ1n) is 8.36. The predicted molar refractivity (Wildman–Crippen MR) is 98.3 cm³/mol. The van der Waals surface area contributed by atoms with Gasteiger partial charge in [-0.1, -0.05) is 46.3 Å². The Balaban J connectivity index is 2.93. The van der Waals surface area contributed by atoms with E-state index in [1.807, 2.05) is 0 Å². The summed E-state index contributed by atoms with van der Waals surface area (Å²) in [5.74, 6) is 3.17. The third kappa shape index (κ3) is 6.55. The highest BCUT2D eigenvalue weighted by atomic mass is 28.3. The van der Waals surface area contributed by atoms with Crippen molar-refractivity contribution in [2.75, 3.05) is 6.61 Å². The summed E-state index contributed by atoms with van der Waals surface area (Å²) < 4.78 is 12.2. The van der Waals surface area contributed by atoms with Crippen molar-refractivity contribution in [3.8, 4) is 11.5 Å². The molecule has 0 aromatic carbocycles. The van der Waals surface area contributed by atoms with E-state index in [1.165, 1.54) is 0 Å². The van der Waals surface area contributed by atoms with E-state index < -0.39 is 22.7 Å². The first-order chi connectivity index (χ1) is 9.82. The van der Waals surface area contributed by atoms with Gasteiger partial charge in [-0.05, 0) is 18.5 Å². The highest BCUT2D eigenvalue weighted by Crippen LogP contribution is 2.34. The summed E-state index contributed by atoms with van der Waals surface area (Å²) in [5.41, 5.74) is 2.39. The zero-order chi connectivity index (χ0) is 17.2. The molecule has 0 radical (unpaired) electrons. The SMILES string of the molecule is C[SiH](C)OC(C1CC(O)(C#C[Si](C)(C)C)CCO1)C(C)(C)C. The van der Waals surface area contributed by atoms with Crippen LogP contribution in [0.25, 0.3) is 0 Å². The monoisotopic (exact) mass is 342 g/mol. The van der Waals surface area contributed by atoms with Crippen molar-refractivity contribution in [1.29, 1.82) is 0 Å². The molecule has 3 unspecified atom stereocenters. The van der Waals surface area contributed by atoms with Crippen LogP contribution in [0.2, 0.25) is 32.7 Å². The van der Waals surface area contributed by atoms with E-state index >= 15 is 0 Å². The lowest BCUT2D eigenvalue weighted by atomic mass is 9.80. The molecule has 5 heteroatoms. The summed E-state index contributed by atoms with van der Waals surface area (Å²) in [5, 5.41) is 10.9. The van der Waals surface area contributed by atoms with Gasteiger partial charge in [-0.25, -0.2) is 0 Å². The van der Waals surface area contributed by atoms with Crippen molar-refractivity contribution in [2.24, 2.45) is 5.41 Å². The van der Waals surface area contributed by atoms with Gasteiger partial charge in [-0.15, -0.1) is 5.54 Å². The molecule has 1 saturated heterocycles. The summed E-state index contributed by atoms with van der Waals surface area (Å²) in [4.78, 5) is 0. The fraction of sp³-hybridized carbons (Fsp3) is 0.882. The van der Waals surface area contributed by atoms with Crippen molar-refractivity contribution >= 4 is 17.1 Å². The van der Waals surface area contributed by atoms with Gasteiger partial charge in [-0.2, -0.15) is 0 Å². The van der Waals surface area contributed by atoms with Gasteiger partial charge in [0.05, 0.1) is 18.8 Å². The minimum absolute atomic E-state index is 0.00755. The standard InChI is InChI=1S/C17H34O3Si2/c1-16(2,3)15(20-21(4)5)14-13-17(18,9-11-19-14)10-12-22(6,7)8/h14-15,18,21H,9,11,13H2,1-8H3. The topological polar surface area (TPSA) is 38.7 Å². The average Bonchev–Trinajstić information content (AvgIpc) is 2.31. The van der Waals surface area contributed by atoms with Crippen LogP contribution in [0, 0.1) is 16.9 Å². The maximum atomic E-state index is 10.9. The maximum absolute atomic E-state index is 10.9.